The monoisotopic (exact) mass is 261 g/mol. The van der Waals surface area contributed by atoms with Gasteiger partial charge in [-0.1, -0.05) is 27.2 Å². The van der Waals surface area contributed by atoms with Crippen molar-refractivity contribution in [2.45, 2.75) is 77.7 Å². The second-order valence-electron chi connectivity index (χ2n) is 6.06. The van der Waals surface area contributed by atoms with Crippen molar-refractivity contribution in [2.75, 3.05) is 6.54 Å². The van der Waals surface area contributed by atoms with Crippen molar-refractivity contribution in [3.8, 4) is 0 Å². The molecule has 0 heterocycles. The van der Waals surface area contributed by atoms with Gasteiger partial charge in [-0.25, -0.2) is 8.78 Å². The number of hydrogen-bond donors (Lipinski definition) is 1. The summed E-state index contributed by atoms with van der Waals surface area (Å²) in [5.41, 5.74) is 0. The maximum absolute atomic E-state index is 13.4. The van der Waals surface area contributed by atoms with E-state index < -0.39 is 5.92 Å². The molecule has 0 aliphatic heterocycles. The Balaban J connectivity index is 2.44. The molecule has 0 spiro atoms. The number of nitrogens with one attached hydrogen (secondary N) is 1. The van der Waals surface area contributed by atoms with E-state index >= 15 is 0 Å². The lowest BCUT2D eigenvalue weighted by atomic mass is 9.81. The van der Waals surface area contributed by atoms with Crippen LogP contribution in [0.5, 0.6) is 0 Å². The fourth-order valence-electron chi connectivity index (χ4n) is 3.08. The van der Waals surface area contributed by atoms with E-state index in [1.54, 1.807) is 0 Å². The lowest BCUT2D eigenvalue weighted by Gasteiger charge is -2.32. The van der Waals surface area contributed by atoms with E-state index in [4.69, 9.17) is 0 Å². The van der Waals surface area contributed by atoms with Crippen LogP contribution in [0.25, 0.3) is 0 Å². The summed E-state index contributed by atoms with van der Waals surface area (Å²) >= 11 is 0. The van der Waals surface area contributed by atoms with Gasteiger partial charge in [0.05, 0.1) is 0 Å². The lowest BCUT2D eigenvalue weighted by molar-refractivity contribution is -0.0550. The Morgan fingerprint density at radius 2 is 2.06 bits per heavy atom. The van der Waals surface area contributed by atoms with Crippen molar-refractivity contribution in [1.82, 2.24) is 5.32 Å². The average Bonchev–Trinajstić information content (AvgIpc) is 2.27. The van der Waals surface area contributed by atoms with Gasteiger partial charge < -0.3 is 5.32 Å². The van der Waals surface area contributed by atoms with Crippen LogP contribution in [0.4, 0.5) is 8.78 Å². The summed E-state index contributed by atoms with van der Waals surface area (Å²) in [4.78, 5) is 0. The molecule has 0 amide bonds. The third kappa shape index (κ3) is 5.64. The zero-order valence-corrected chi connectivity index (χ0v) is 12.1. The first-order valence-electron chi connectivity index (χ1n) is 7.58. The molecule has 3 atom stereocenters. The van der Waals surface area contributed by atoms with Gasteiger partial charge in [0.15, 0.2) is 0 Å². The van der Waals surface area contributed by atoms with Crippen molar-refractivity contribution < 1.29 is 8.78 Å². The van der Waals surface area contributed by atoms with Gasteiger partial charge in [-0.2, -0.15) is 0 Å². The Hall–Kier alpha value is -0.180. The minimum atomic E-state index is -2.41. The number of alkyl halides is 2. The second kappa shape index (κ2) is 7.42. The summed E-state index contributed by atoms with van der Waals surface area (Å²) in [5.74, 6) is -1.52. The highest BCUT2D eigenvalue weighted by Crippen LogP contribution is 2.38. The van der Waals surface area contributed by atoms with E-state index in [0.717, 1.165) is 25.8 Å². The Kier molecular flexibility index (Phi) is 6.54. The SMILES string of the molecule is CCNC(CC(C)CC)CC1CCCC(F)(F)C1. The molecule has 1 nitrogen and oxygen atoms in total. The van der Waals surface area contributed by atoms with E-state index in [-0.39, 0.29) is 18.8 Å². The number of halogens is 2. The first kappa shape index (κ1) is 15.9. The third-order valence-electron chi connectivity index (χ3n) is 4.24. The minimum absolute atomic E-state index is 0.0980. The topological polar surface area (TPSA) is 12.0 Å². The van der Waals surface area contributed by atoms with Crippen molar-refractivity contribution >= 4 is 0 Å². The highest BCUT2D eigenvalue weighted by molar-refractivity contribution is 4.82. The number of hydrogen-bond acceptors (Lipinski definition) is 1. The highest BCUT2D eigenvalue weighted by atomic mass is 19.3. The van der Waals surface area contributed by atoms with Gasteiger partial charge in [0.25, 0.3) is 0 Å². The van der Waals surface area contributed by atoms with Crippen molar-refractivity contribution in [2.24, 2.45) is 11.8 Å². The predicted octanol–water partition coefficient (Wildman–Crippen LogP) is 4.62. The first-order chi connectivity index (χ1) is 8.46. The lowest BCUT2D eigenvalue weighted by Crippen LogP contribution is -2.35. The van der Waals surface area contributed by atoms with Crippen LogP contribution in [0, 0.1) is 11.8 Å². The highest BCUT2D eigenvalue weighted by Gasteiger charge is 2.36. The van der Waals surface area contributed by atoms with Crippen molar-refractivity contribution in [3.63, 3.8) is 0 Å². The van der Waals surface area contributed by atoms with Crippen LogP contribution in [-0.2, 0) is 0 Å². The normalized spacial score (nSPS) is 26.8. The average molecular weight is 261 g/mol. The molecule has 0 bridgehead atoms. The third-order valence-corrected chi connectivity index (χ3v) is 4.24. The predicted molar refractivity (Wildman–Crippen MR) is 73.1 cm³/mol. The molecule has 3 unspecified atom stereocenters. The Labute approximate surface area is 111 Å². The molecule has 1 rings (SSSR count). The van der Waals surface area contributed by atoms with Crippen molar-refractivity contribution in [3.05, 3.63) is 0 Å². The maximum atomic E-state index is 13.4. The van der Waals surface area contributed by atoms with Gasteiger partial charge in [0.1, 0.15) is 0 Å². The summed E-state index contributed by atoms with van der Waals surface area (Å²) in [6.45, 7) is 7.48. The molecule has 108 valence electrons. The van der Waals surface area contributed by atoms with E-state index in [1.165, 1.54) is 6.42 Å². The van der Waals surface area contributed by atoms with Gasteiger partial charge in [-0.05, 0) is 44.1 Å². The summed E-state index contributed by atoms with van der Waals surface area (Å²) in [6.07, 6.45) is 5.09. The standard InChI is InChI=1S/C15H29F2N/c1-4-12(3)9-14(18-5-2)10-13-7-6-8-15(16,17)11-13/h12-14,18H,4-11H2,1-3H3. The fourth-order valence-corrected chi connectivity index (χ4v) is 3.08. The summed E-state index contributed by atoms with van der Waals surface area (Å²) in [5, 5.41) is 3.48. The molecule has 0 saturated heterocycles. The van der Waals surface area contributed by atoms with Crippen LogP contribution < -0.4 is 5.32 Å². The molecule has 3 heteroatoms. The quantitative estimate of drug-likeness (QED) is 0.705. The maximum Gasteiger partial charge on any atom is 0.248 e. The van der Waals surface area contributed by atoms with Crippen LogP contribution >= 0.6 is 0 Å². The molecule has 0 aromatic heterocycles. The van der Waals surface area contributed by atoms with E-state index in [2.05, 4.69) is 26.1 Å². The molecule has 0 radical (unpaired) electrons. The molecule has 18 heavy (non-hydrogen) atoms. The fraction of sp³-hybridized carbons (Fsp3) is 1.00. The van der Waals surface area contributed by atoms with Gasteiger partial charge in [0, 0.05) is 18.9 Å². The largest absolute Gasteiger partial charge is 0.314 e. The van der Waals surface area contributed by atoms with E-state index in [0.29, 0.717) is 18.4 Å². The zero-order valence-electron chi connectivity index (χ0n) is 12.1. The van der Waals surface area contributed by atoms with Gasteiger partial charge in [-0.15, -0.1) is 0 Å². The minimum Gasteiger partial charge on any atom is -0.314 e. The Bertz CT molecular complexity index is 231. The summed E-state index contributed by atoms with van der Waals surface area (Å²) in [7, 11) is 0. The Morgan fingerprint density at radius 3 is 2.61 bits per heavy atom. The van der Waals surface area contributed by atoms with Crippen LogP contribution in [-0.4, -0.2) is 18.5 Å². The molecule has 1 saturated carbocycles. The molecule has 1 N–H and O–H groups in total. The second-order valence-corrected chi connectivity index (χ2v) is 6.06. The van der Waals surface area contributed by atoms with Gasteiger partial charge >= 0.3 is 0 Å². The van der Waals surface area contributed by atoms with Crippen LogP contribution in [0.2, 0.25) is 0 Å². The summed E-state index contributed by atoms with van der Waals surface area (Å²) < 4.78 is 26.8. The Morgan fingerprint density at radius 1 is 1.33 bits per heavy atom. The van der Waals surface area contributed by atoms with Crippen LogP contribution in [0.1, 0.15) is 65.7 Å². The van der Waals surface area contributed by atoms with Crippen LogP contribution in [0.15, 0.2) is 0 Å². The molecule has 0 aromatic rings. The zero-order chi connectivity index (χ0) is 13.6. The molecule has 1 aliphatic carbocycles. The van der Waals surface area contributed by atoms with Gasteiger partial charge in [0.2, 0.25) is 5.92 Å². The molecule has 1 aliphatic rings. The molecular formula is C15H29F2N. The van der Waals surface area contributed by atoms with Crippen molar-refractivity contribution in [1.29, 1.82) is 0 Å². The summed E-state index contributed by atoms with van der Waals surface area (Å²) in [6, 6.07) is 0.420. The first-order valence-corrected chi connectivity index (χ1v) is 7.58. The molecule has 0 aromatic carbocycles. The molecule has 1 fully saturated rings. The van der Waals surface area contributed by atoms with Gasteiger partial charge in [-0.3, -0.25) is 0 Å². The van der Waals surface area contributed by atoms with Crippen LogP contribution in [0.3, 0.4) is 0 Å². The van der Waals surface area contributed by atoms with E-state index in [9.17, 15) is 8.78 Å². The van der Waals surface area contributed by atoms with E-state index in [1.807, 2.05) is 0 Å². The smallest absolute Gasteiger partial charge is 0.248 e. The molecular weight excluding hydrogens is 232 g/mol. The number of rotatable bonds is 7.